The van der Waals surface area contributed by atoms with Crippen LogP contribution in [0.1, 0.15) is 39.7 Å². The first-order valence-corrected chi connectivity index (χ1v) is 13.0. The number of aryl methyl sites for hydroxylation is 2. The van der Waals surface area contributed by atoms with Crippen molar-refractivity contribution in [1.82, 2.24) is 30.0 Å². The zero-order valence-corrected chi connectivity index (χ0v) is 22.5. The molecule has 0 saturated carbocycles. The van der Waals surface area contributed by atoms with Crippen molar-refractivity contribution in [3.8, 4) is 11.6 Å². The largest absolute Gasteiger partial charge is 0.438 e. The lowest BCUT2D eigenvalue weighted by atomic mass is 10.0. The Morgan fingerprint density at radius 1 is 1.05 bits per heavy atom. The summed E-state index contributed by atoms with van der Waals surface area (Å²) in [5, 5.41) is 10.2. The molecule has 3 heterocycles. The van der Waals surface area contributed by atoms with Crippen molar-refractivity contribution in [2.24, 2.45) is 0 Å². The highest BCUT2D eigenvalue weighted by molar-refractivity contribution is 6.04. The van der Waals surface area contributed by atoms with Gasteiger partial charge in [-0.05, 0) is 55.8 Å². The number of aromatic nitrogens is 4. The lowest BCUT2D eigenvalue weighted by Gasteiger charge is -2.34. The Morgan fingerprint density at radius 2 is 1.80 bits per heavy atom. The molecule has 1 fully saturated rings. The fourth-order valence-corrected chi connectivity index (χ4v) is 4.76. The fourth-order valence-electron chi connectivity index (χ4n) is 4.76. The van der Waals surface area contributed by atoms with Crippen LogP contribution in [-0.4, -0.2) is 68.6 Å². The number of carbonyl (C=O) groups excluding carboxylic acids is 1. The van der Waals surface area contributed by atoms with Crippen LogP contribution in [0.25, 0.3) is 11.0 Å². The van der Waals surface area contributed by atoms with Crippen molar-refractivity contribution in [2.45, 2.75) is 33.5 Å². The summed E-state index contributed by atoms with van der Waals surface area (Å²) in [5.41, 5.74) is 1.64. The van der Waals surface area contributed by atoms with E-state index >= 15 is 0 Å². The molecule has 5 rings (SSSR count). The number of nitrogens with one attached hydrogen (secondary N) is 2. The monoisotopic (exact) mass is 553 g/mol. The van der Waals surface area contributed by atoms with Gasteiger partial charge in [-0.1, -0.05) is 19.1 Å². The Morgan fingerprint density at radius 3 is 2.52 bits per heavy atom. The van der Waals surface area contributed by atoms with Crippen LogP contribution in [0.4, 0.5) is 18.9 Å². The van der Waals surface area contributed by atoms with Crippen molar-refractivity contribution in [3.05, 3.63) is 70.7 Å². The number of alkyl halides is 3. The Bertz CT molecular complexity index is 1530. The number of aromatic amines is 1. The molecule has 1 saturated heterocycles. The van der Waals surface area contributed by atoms with Crippen LogP contribution in [0.5, 0.6) is 11.6 Å². The molecule has 2 aromatic carbocycles. The average molecular weight is 554 g/mol. The summed E-state index contributed by atoms with van der Waals surface area (Å²) in [6.07, 6.45) is -3.23. The van der Waals surface area contributed by atoms with Crippen LogP contribution in [0, 0.1) is 13.8 Å². The fraction of sp³-hybridized carbons (Fsp3) is 0.357. The first-order chi connectivity index (χ1) is 19.1. The number of piperazine rings is 1. The van der Waals surface area contributed by atoms with Gasteiger partial charge in [-0.3, -0.25) is 14.8 Å². The molecule has 0 atom stereocenters. The number of likely N-dealkylation sites (N-methyl/N-ethyl adjacent to an activating group) is 1. The van der Waals surface area contributed by atoms with Crippen LogP contribution in [-0.2, 0) is 12.7 Å². The van der Waals surface area contributed by atoms with E-state index in [2.05, 4.69) is 37.3 Å². The number of halogens is 3. The van der Waals surface area contributed by atoms with E-state index in [9.17, 15) is 18.0 Å². The van der Waals surface area contributed by atoms with Crippen LogP contribution in [0.3, 0.4) is 0 Å². The van der Waals surface area contributed by atoms with Gasteiger partial charge in [0.1, 0.15) is 17.5 Å². The minimum Gasteiger partial charge on any atom is -0.438 e. The van der Waals surface area contributed by atoms with E-state index in [1.165, 1.54) is 24.5 Å². The minimum absolute atomic E-state index is 0.0615. The van der Waals surface area contributed by atoms with Gasteiger partial charge < -0.3 is 15.0 Å². The van der Waals surface area contributed by atoms with Crippen LogP contribution in [0.2, 0.25) is 0 Å². The third-order valence-corrected chi connectivity index (χ3v) is 7.13. The van der Waals surface area contributed by atoms with E-state index in [0.717, 1.165) is 37.0 Å². The lowest BCUT2D eigenvalue weighted by molar-refractivity contribution is -0.138. The average Bonchev–Trinajstić information content (AvgIpc) is 3.32. The maximum atomic E-state index is 14.0. The molecule has 0 bridgehead atoms. The number of hydrogen-bond acceptors (Lipinski definition) is 7. The Balaban J connectivity index is 1.34. The summed E-state index contributed by atoms with van der Waals surface area (Å²) in [6.45, 7) is 9.92. The summed E-state index contributed by atoms with van der Waals surface area (Å²) < 4.78 is 48.0. The lowest BCUT2D eigenvalue weighted by Crippen LogP contribution is -2.45. The summed E-state index contributed by atoms with van der Waals surface area (Å²) >= 11 is 0. The third-order valence-electron chi connectivity index (χ3n) is 7.13. The van der Waals surface area contributed by atoms with Gasteiger partial charge in [-0.15, -0.1) is 0 Å². The predicted octanol–water partition coefficient (Wildman–Crippen LogP) is 5.17. The number of amides is 1. The van der Waals surface area contributed by atoms with Crippen molar-refractivity contribution in [1.29, 1.82) is 0 Å². The van der Waals surface area contributed by atoms with E-state index in [-0.39, 0.29) is 29.2 Å². The van der Waals surface area contributed by atoms with Gasteiger partial charge >= 0.3 is 6.18 Å². The summed E-state index contributed by atoms with van der Waals surface area (Å²) in [4.78, 5) is 25.7. The normalized spacial score (nSPS) is 14.9. The SMILES string of the molecule is CCN1CCN(Cc2ccc(NC(=O)c3ccc(C)c(Oc4ncnc5n[nH]c(C)c45)c3)cc2C(F)(F)F)CC1. The molecule has 40 heavy (non-hydrogen) atoms. The number of rotatable bonds is 7. The van der Waals surface area contributed by atoms with Gasteiger partial charge in [0.05, 0.1) is 5.56 Å². The molecule has 1 amide bonds. The topological polar surface area (TPSA) is 99.3 Å². The molecule has 0 radical (unpaired) electrons. The van der Waals surface area contributed by atoms with Crippen LogP contribution < -0.4 is 10.1 Å². The summed E-state index contributed by atoms with van der Waals surface area (Å²) in [5.74, 6) is 0.0925. The molecule has 2 N–H and O–H groups in total. The maximum absolute atomic E-state index is 14.0. The Labute approximate surface area is 229 Å². The van der Waals surface area contributed by atoms with Gasteiger partial charge in [0.25, 0.3) is 5.91 Å². The molecule has 1 aliphatic rings. The van der Waals surface area contributed by atoms with Crippen molar-refractivity contribution in [2.75, 3.05) is 38.0 Å². The second-order valence-corrected chi connectivity index (χ2v) is 9.84. The molecule has 9 nitrogen and oxygen atoms in total. The Hall–Kier alpha value is -4.03. The minimum atomic E-state index is -4.56. The highest BCUT2D eigenvalue weighted by Gasteiger charge is 2.34. The van der Waals surface area contributed by atoms with Gasteiger partial charge in [0.15, 0.2) is 5.65 Å². The smallest absolute Gasteiger partial charge is 0.416 e. The molecule has 0 unspecified atom stereocenters. The van der Waals surface area contributed by atoms with E-state index < -0.39 is 17.6 Å². The molecule has 210 valence electrons. The zero-order valence-electron chi connectivity index (χ0n) is 22.5. The molecule has 0 aliphatic carbocycles. The summed E-state index contributed by atoms with van der Waals surface area (Å²) in [7, 11) is 0. The van der Waals surface area contributed by atoms with E-state index in [4.69, 9.17) is 4.74 Å². The first kappa shape index (κ1) is 27.5. The molecule has 4 aromatic rings. The second kappa shape index (κ2) is 11.2. The van der Waals surface area contributed by atoms with Crippen molar-refractivity contribution in [3.63, 3.8) is 0 Å². The zero-order chi connectivity index (χ0) is 28.4. The van der Waals surface area contributed by atoms with Gasteiger partial charge in [-0.2, -0.15) is 18.3 Å². The molecule has 2 aromatic heterocycles. The summed E-state index contributed by atoms with van der Waals surface area (Å²) in [6, 6.07) is 8.78. The number of hydrogen-bond donors (Lipinski definition) is 2. The van der Waals surface area contributed by atoms with Crippen LogP contribution in [0.15, 0.2) is 42.7 Å². The standard InChI is InChI=1S/C28H30F3N7O2/c1-4-37-9-11-38(12-10-37)15-20-7-8-21(14-22(20)28(29,30)31)34-26(39)19-6-5-17(2)23(13-19)40-27-24-18(3)35-36-25(24)32-16-33-27/h5-8,13-14,16H,4,9-12,15H2,1-3H3,(H,34,39)(H,32,33,35,36). The van der Waals surface area contributed by atoms with Crippen molar-refractivity contribution < 1.29 is 22.7 Å². The van der Waals surface area contributed by atoms with Gasteiger partial charge in [0.2, 0.25) is 5.88 Å². The molecule has 12 heteroatoms. The van der Waals surface area contributed by atoms with E-state index in [1.54, 1.807) is 12.1 Å². The molecular weight excluding hydrogens is 523 g/mol. The van der Waals surface area contributed by atoms with Crippen molar-refractivity contribution >= 4 is 22.6 Å². The molecule has 0 spiro atoms. The maximum Gasteiger partial charge on any atom is 0.416 e. The predicted molar refractivity (Wildman–Crippen MR) is 144 cm³/mol. The molecule has 1 aliphatic heterocycles. The van der Waals surface area contributed by atoms with E-state index in [1.807, 2.05) is 18.7 Å². The number of anilines is 1. The number of nitrogens with zero attached hydrogens (tertiary/aromatic N) is 5. The number of carbonyl (C=O) groups is 1. The number of H-pyrrole nitrogens is 1. The highest BCUT2D eigenvalue weighted by Crippen LogP contribution is 2.35. The van der Waals surface area contributed by atoms with E-state index in [0.29, 0.717) is 29.9 Å². The molecular formula is C28H30F3N7O2. The second-order valence-electron chi connectivity index (χ2n) is 9.84. The number of ether oxygens (including phenoxy) is 1. The van der Waals surface area contributed by atoms with Crippen LogP contribution >= 0.6 is 0 Å². The highest BCUT2D eigenvalue weighted by atomic mass is 19.4. The van der Waals surface area contributed by atoms with Gasteiger partial charge in [0, 0.05) is 49.7 Å². The first-order valence-electron chi connectivity index (χ1n) is 13.0. The number of fused-ring (bicyclic) bond motifs is 1. The Kier molecular flexibility index (Phi) is 7.72. The third kappa shape index (κ3) is 5.92. The quantitative estimate of drug-likeness (QED) is 0.326. The number of benzene rings is 2. The van der Waals surface area contributed by atoms with Gasteiger partial charge in [-0.25, -0.2) is 9.97 Å².